The maximum Gasteiger partial charge on any atom is 0.407 e. The van der Waals surface area contributed by atoms with E-state index in [0.29, 0.717) is 4.57 Å². The molecule has 1 saturated heterocycles. The Bertz CT molecular complexity index is 654. The van der Waals surface area contributed by atoms with E-state index in [2.05, 4.69) is 4.74 Å². The lowest BCUT2D eigenvalue weighted by molar-refractivity contribution is -0.245. The molecule has 1 aromatic heterocycles. The lowest BCUT2D eigenvalue weighted by atomic mass is 10.1. The molecule has 1 aromatic rings. The first-order valence-corrected chi connectivity index (χ1v) is 5.76. The molecule has 6 N–H and O–H groups in total. The van der Waals surface area contributed by atoms with Crippen LogP contribution in [0.3, 0.4) is 0 Å². The molecular formula is C10H13N3O8. The minimum Gasteiger partial charge on any atom is -0.409 e. The Morgan fingerprint density at radius 3 is 2.76 bits per heavy atom. The fraction of sp³-hybridized carbons (Fsp3) is 0.500. The predicted octanol–water partition coefficient (Wildman–Crippen LogP) is -3.43. The van der Waals surface area contributed by atoms with Gasteiger partial charge in [-0.1, -0.05) is 0 Å². The Morgan fingerprint density at radius 1 is 1.57 bits per heavy atom. The van der Waals surface area contributed by atoms with Crippen LogP contribution < -0.4 is 17.0 Å². The van der Waals surface area contributed by atoms with E-state index in [-0.39, 0.29) is 0 Å². The summed E-state index contributed by atoms with van der Waals surface area (Å²) in [5, 5.41) is 29.2. The highest BCUT2D eigenvalue weighted by Crippen LogP contribution is 2.38. The van der Waals surface area contributed by atoms with Crippen molar-refractivity contribution < 1.29 is 29.6 Å². The summed E-state index contributed by atoms with van der Waals surface area (Å²) in [4.78, 5) is 35.5. The number of H-pyrrole nitrogens is 1. The van der Waals surface area contributed by atoms with Crippen molar-refractivity contribution in [1.29, 1.82) is 0 Å². The molecule has 0 saturated carbocycles. The van der Waals surface area contributed by atoms with Crippen LogP contribution in [0, 0.1) is 0 Å². The van der Waals surface area contributed by atoms with Crippen molar-refractivity contribution >= 4 is 6.09 Å². The number of aromatic nitrogens is 2. The molecule has 0 radical (unpaired) electrons. The number of nitrogens with zero attached hydrogens (tertiary/aromatic N) is 1. The minimum atomic E-state index is -2.71. The molecule has 21 heavy (non-hydrogen) atoms. The van der Waals surface area contributed by atoms with Crippen LogP contribution in [0.1, 0.15) is 6.23 Å². The highest BCUT2D eigenvalue weighted by atomic mass is 16.7. The Labute approximate surface area is 116 Å². The first-order chi connectivity index (χ1) is 9.79. The second-order valence-corrected chi connectivity index (χ2v) is 4.34. The molecule has 116 valence electrons. The van der Waals surface area contributed by atoms with Gasteiger partial charge in [-0.3, -0.25) is 14.3 Å². The molecule has 0 unspecified atom stereocenters. The number of primary amides is 1. The lowest BCUT2D eigenvalue weighted by Crippen LogP contribution is -2.53. The molecule has 2 heterocycles. The lowest BCUT2D eigenvalue weighted by Gasteiger charge is -2.29. The summed E-state index contributed by atoms with van der Waals surface area (Å²) < 4.78 is 10.2. The van der Waals surface area contributed by atoms with Crippen LogP contribution in [-0.4, -0.2) is 55.6 Å². The molecule has 11 nitrogen and oxygen atoms in total. The van der Waals surface area contributed by atoms with E-state index in [1.807, 2.05) is 4.98 Å². The van der Waals surface area contributed by atoms with Crippen LogP contribution in [0.4, 0.5) is 4.79 Å². The Morgan fingerprint density at radius 2 is 2.24 bits per heavy atom. The average molecular weight is 303 g/mol. The molecule has 0 spiro atoms. The average Bonchev–Trinajstić information content (AvgIpc) is 2.62. The highest BCUT2D eigenvalue weighted by Gasteiger charge is 2.59. The third-order valence-corrected chi connectivity index (χ3v) is 2.98. The van der Waals surface area contributed by atoms with Crippen molar-refractivity contribution in [3.05, 3.63) is 33.1 Å². The third-order valence-electron chi connectivity index (χ3n) is 2.98. The van der Waals surface area contributed by atoms with Gasteiger partial charge in [0.25, 0.3) is 11.3 Å². The largest absolute Gasteiger partial charge is 0.409 e. The SMILES string of the molecule is NC(=O)O[C@@]1(O)[C@H](O)[C@@H](CO)O[C@H]1n1ccc(=O)[nH]c1=O. The predicted molar refractivity (Wildman–Crippen MR) is 63.9 cm³/mol. The minimum absolute atomic E-state index is 0.684. The number of hydrogen-bond donors (Lipinski definition) is 5. The van der Waals surface area contributed by atoms with Gasteiger partial charge in [-0.2, -0.15) is 0 Å². The van der Waals surface area contributed by atoms with Crippen molar-refractivity contribution in [2.45, 2.75) is 24.2 Å². The summed E-state index contributed by atoms with van der Waals surface area (Å²) in [7, 11) is 0. The van der Waals surface area contributed by atoms with Gasteiger partial charge in [0.2, 0.25) is 6.23 Å². The number of ether oxygens (including phenoxy) is 2. The molecule has 0 aliphatic carbocycles. The second kappa shape index (κ2) is 5.29. The fourth-order valence-corrected chi connectivity index (χ4v) is 2.04. The van der Waals surface area contributed by atoms with Crippen LogP contribution in [0.15, 0.2) is 21.9 Å². The summed E-state index contributed by atoms with van der Waals surface area (Å²) in [6.45, 7) is -0.722. The summed E-state index contributed by atoms with van der Waals surface area (Å²) in [5.74, 6) is -2.71. The summed E-state index contributed by atoms with van der Waals surface area (Å²) in [5.41, 5.74) is 3.13. The smallest absolute Gasteiger partial charge is 0.407 e. The van der Waals surface area contributed by atoms with E-state index in [1.54, 1.807) is 0 Å². The monoisotopic (exact) mass is 303 g/mol. The topological polar surface area (TPSA) is 177 Å². The van der Waals surface area contributed by atoms with Crippen molar-refractivity contribution in [2.24, 2.45) is 5.73 Å². The maximum absolute atomic E-state index is 11.7. The molecule has 0 aromatic carbocycles. The molecular weight excluding hydrogens is 290 g/mol. The van der Waals surface area contributed by atoms with Crippen LogP contribution in [-0.2, 0) is 9.47 Å². The molecule has 4 atom stereocenters. The molecule has 11 heteroatoms. The normalized spacial score (nSPS) is 32.0. The summed E-state index contributed by atoms with van der Waals surface area (Å²) in [6.07, 6.45) is -5.37. The highest BCUT2D eigenvalue weighted by molar-refractivity contribution is 5.65. The molecule has 1 amide bonds. The number of amides is 1. The Hall–Kier alpha value is -2.21. The van der Waals surface area contributed by atoms with E-state index in [1.165, 1.54) is 0 Å². The van der Waals surface area contributed by atoms with Gasteiger partial charge in [0.1, 0.15) is 6.10 Å². The van der Waals surface area contributed by atoms with E-state index in [4.69, 9.17) is 15.6 Å². The van der Waals surface area contributed by atoms with E-state index in [9.17, 15) is 24.6 Å². The zero-order valence-corrected chi connectivity index (χ0v) is 10.5. The van der Waals surface area contributed by atoms with Gasteiger partial charge in [0.15, 0.2) is 6.10 Å². The van der Waals surface area contributed by atoms with Gasteiger partial charge in [-0.15, -0.1) is 0 Å². The number of carbonyl (C=O) groups excluding carboxylic acids is 1. The Balaban J connectivity index is 2.51. The number of aromatic amines is 1. The first-order valence-electron chi connectivity index (χ1n) is 5.76. The number of aliphatic hydroxyl groups excluding tert-OH is 2. The second-order valence-electron chi connectivity index (χ2n) is 4.34. The zero-order chi connectivity index (χ0) is 15.8. The number of hydrogen-bond acceptors (Lipinski definition) is 8. The van der Waals surface area contributed by atoms with Crippen molar-refractivity contribution in [2.75, 3.05) is 6.61 Å². The van der Waals surface area contributed by atoms with Gasteiger partial charge in [0, 0.05) is 12.3 Å². The quantitative estimate of drug-likeness (QED) is 0.358. The van der Waals surface area contributed by atoms with E-state index < -0.39 is 48.2 Å². The maximum atomic E-state index is 11.7. The number of rotatable bonds is 3. The molecule has 1 fully saturated rings. The first kappa shape index (κ1) is 15.2. The summed E-state index contributed by atoms with van der Waals surface area (Å²) >= 11 is 0. The van der Waals surface area contributed by atoms with Crippen LogP contribution in [0.5, 0.6) is 0 Å². The van der Waals surface area contributed by atoms with Gasteiger partial charge in [-0.05, 0) is 0 Å². The molecule has 1 aliphatic rings. The van der Waals surface area contributed by atoms with Gasteiger partial charge >= 0.3 is 11.8 Å². The number of nitrogens with two attached hydrogens (primary N) is 1. The molecule has 1 aliphatic heterocycles. The van der Waals surface area contributed by atoms with Gasteiger partial charge < -0.3 is 30.5 Å². The Kier molecular flexibility index (Phi) is 3.82. The summed E-state index contributed by atoms with van der Waals surface area (Å²) in [6, 6.07) is 0.952. The molecule has 0 bridgehead atoms. The number of carbonyl (C=O) groups is 1. The van der Waals surface area contributed by atoms with E-state index >= 15 is 0 Å². The van der Waals surface area contributed by atoms with E-state index in [0.717, 1.165) is 12.3 Å². The van der Waals surface area contributed by atoms with Crippen LogP contribution in [0.2, 0.25) is 0 Å². The van der Waals surface area contributed by atoms with Gasteiger partial charge in [-0.25, -0.2) is 9.59 Å². The van der Waals surface area contributed by atoms with Gasteiger partial charge in [0.05, 0.1) is 6.61 Å². The fourth-order valence-electron chi connectivity index (χ4n) is 2.04. The van der Waals surface area contributed by atoms with Crippen molar-refractivity contribution in [3.63, 3.8) is 0 Å². The van der Waals surface area contributed by atoms with Crippen molar-refractivity contribution in [3.8, 4) is 0 Å². The van der Waals surface area contributed by atoms with Crippen molar-refractivity contribution in [1.82, 2.24) is 9.55 Å². The zero-order valence-electron chi connectivity index (χ0n) is 10.5. The number of nitrogens with one attached hydrogen (secondary N) is 1. The molecule has 2 rings (SSSR count). The standard InChI is InChI=1S/C10H13N3O8/c11-8(17)21-10(19)6(16)4(3-14)20-7(10)13-2-1-5(15)12-9(13)18/h1-2,4,6-7,14,16,19H,3H2,(H2,11,17)(H,12,15,18)/t4-,6-,7-,10+/m1/s1. The van der Waals surface area contributed by atoms with Crippen LogP contribution in [0.25, 0.3) is 0 Å². The van der Waals surface area contributed by atoms with Crippen LogP contribution >= 0.6 is 0 Å². The number of aliphatic hydroxyl groups is 3. The third kappa shape index (κ3) is 2.54.